The zero-order valence-electron chi connectivity index (χ0n) is 41.6. The summed E-state index contributed by atoms with van der Waals surface area (Å²) in [5.74, 6) is 17.4. The first-order valence-corrected chi connectivity index (χ1v) is 34.0. The second kappa shape index (κ2) is 28.6. The van der Waals surface area contributed by atoms with E-state index in [1.165, 1.54) is 32.1 Å². The number of hydrogen-bond donors (Lipinski definition) is 0. The summed E-state index contributed by atoms with van der Waals surface area (Å²) in [7, 11) is -4.38. The minimum absolute atomic E-state index is 0.264. The van der Waals surface area contributed by atoms with Crippen LogP contribution < -0.4 is 23.7 Å². The van der Waals surface area contributed by atoms with E-state index in [0.29, 0.717) is 35.4 Å². The first-order valence-electron chi connectivity index (χ1n) is 23.8. The largest absolute Gasteiger partial charge is 0.494 e. The molecule has 0 aliphatic heterocycles. The molecule has 0 bridgehead atoms. The van der Waals surface area contributed by atoms with Crippen molar-refractivity contribution in [3.8, 4) is 87.9 Å². The molecule has 0 heterocycles. The van der Waals surface area contributed by atoms with Gasteiger partial charge >= 0.3 is 5.97 Å². The maximum atomic E-state index is 13.6. The van der Waals surface area contributed by atoms with Crippen LogP contribution in [-0.4, -0.2) is 54.6 Å². The van der Waals surface area contributed by atoms with E-state index in [2.05, 4.69) is 94.4 Å². The number of carbonyl (C=O) groups excluding carboxylic acids is 1. The van der Waals surface area contributed by atoms with Crippen LogP contribution in [0.3, 0.4) is 0 Å². The van der Waals surface area contributed by atoms with Crippen LogP contribution in [0.4, 0.5) is 0 Å². The smallest absolute Gasteiger partial charge is 0.347 e. The molecule has 0 amide bonds. The van der Waals surface area contributed by atoms with Crippen LogP contribution in [0.5, 0.6) is 28.7 Å². The van der Waals surface area contributed by atoms with E-state index in [1.54, 1.807) is 30.3 Å². The molecule has 0 N–H and O–H groups in total. The Morgan fingerprint density at radius 1 is 0.588 bits per heavy atom. The molecule has 0 aliphatic carbocycles. The van der Waals surface area contributed by atoms with Gasteiger partial charge in [0.2, 0.25) is 0 Å². The maximum absolute atomic E-state index is 13.6. The molecule has 4 aromatic carbocycles. The number of hydrogen-bond acceptors (Lipinski definition) is 8. The van der Waals surface area contributed by atoms with Gasteiger partial charge in [0.25, 0.3) is 0 Å². The lowest BCUT2D eigenvalue weighted by Crippen LogP contribution is -2.45. The Labute approximate surface area is 413 Å². The van der Waals surface area contributed by atoms with Crippen molar-refractivity contribution in [1.29, 1.82) is 0 Å². The van der Waals surface area contributed by atoms with Crippen molar-refractivity contribution >= 4 is 47.2 Å². The number of rotatable bonds is 28. The first kappa shape index (κ1) is 54.9. The second-order valence-electron chi connectivity index (χ2n) is 18.5. The summed E-state index contributed by atoms with van der Waals surface area (Å²) in [6.45, 7) is 21.5. The highest BCUT2D eigenvalue weighted by atomic mass is 28.4. The van der Waals surface area contributed by atoms with Crippen LogP contribution in [0, 0.1) is 48.1 Å². The van der Waals surface area contributed by atoms with E-state index in [1.807, 2.05) is 60.7 Å². The molecule has 68 heavy (non-hydrogen) atoms. The molecule has 8 nitrogen and oxygen atoms in total. The van der Waals surface area contributed by atoms with Crippen LogP contribution in [0.2, 0.25) is 57.4 Å². The molecular weight excluding hydrogens is 913 g/mol. The standard InChI is InChI=1S/C56H70O8Si4/c1-10-12-14-16-18-21-39-58-50-31-25-47(26-32-50)46(3)61-51-33-27-48(28-34-51)49-29-35-52(36-30-49)62-56(57)54-38-37-53(59-40-22-19-17-15-13-11-2)45-55(54)60-41-23-20-24-42-67(6,7)64-68(8,9)44-43-66(4,5)63-65/h2,25-38,45H,3,10,12,14,16,18,20-21,23-24,39,41-44H2,1,4-9,65H3. The van der Waals surface area contributed by atoms with Gasteiger partial charge in [0, 0.05) is 29.4 Å². The highest BCUT2D eigenvalue weighted by molar-refractivity contribution is 6.86. The number of ether oxygens (including phenoxy) is 5. The monoisotopic (exact) mass is 982 g/mol. The molecule has 0 saturated carbocycles. The van der Waals surface area contributed by atoms with Gasteiger partial charge in [0.15, 0.2) is 25.0 Å². The zero-order chi connectivity index (χ0) is 49.3. The van der Waals surface area contributed by atoms with E-state index in [-0.39, 0.29) is 5.56 Å². The van der Waals surface area contributed by atoms with Crippen molar-refractivity contribution in [1.82, 2.24) is 0 Å². The average molecular weight is 984 g/mol. The normalized spacial score (nSPS) is 11.1. The third-order valence-electron chi connectivity index (χ3n) is 11.3. The highest BCUT2D eigenvalue weighted by Crippen LogP contribution is 2.31. The molecular formula is C56H70O8Si4. The van der Waals surface area contributed by atoms with Gasteiger partial charge in [-0.1, -0.05) is 82.7 Å². The molecule has 4 aromatic rings. The molecule has 12 heteroatoms. The molecule has 0 radical (unpaired) electrons. The van der Waals surface area contributed by atoms with Gasteiger partial charge in [0.1, 0.15) is 56.7 Å². The molecule has 0 unspecified atom stereocenters. The molecule has 0 aromatic heterocycles. The van der Waals surface area contributed by atoms with Gasteiger partial charge in [-0.2, -0.15) is 0 Å². The lowest BCUT2D eigenvalue weighted by molar-refractivity contribution is 0.0730. The van der Waals surface area contributed by atoms with Gasteiger partial charge in [-0.25, -0.2) is 4.79 Å². The first-order chi connectivity index (χ1) is 32.6. The number of carbonyl (C=O) groups is 1. The lowest BCUT2D eigenvalue weighted by Gasteiger charge is -2.35. The predicted octanol–water partition coefficient (Wildman–Crippen LogP) is 12.8. The maximum Gasteiger partial charge on any atom is 0.347 e. The van der Waals surface area contributed by atoms with E-state index < -0.39 is 30.9 Å². The summed E-state index contributed by atoms with van der Waals surface area (Å²) in [6, 6.07) is 31.2. The Morgan fingerprint density at radius 2 is 1.12 bits per heavy atom. The van der Waals surface area contributed by atoms with Crippen molar-refractivity contribution in [2.24, 2.45) is 0 Å². The van der Waals surface area contributed by atoms with Gasteiger partial charge in [0.05, 0.1) is 13.2 Å². The Kier molecular flexibility index (Phi) is 23.1. The Balaban J connectivity index is 1.32. The van der Waals surface area contributed by atoms with E-state index in [4.69, 9.17) is 38.3 Å². The molecule has 0 aliphatic rings. The molecule has 4 rings (SSSR count). The number of unbranched alkanes of at least 4 members (excludes halogenated alkanes) is 7. The molecule has 0 atom stereocenters. The summed E-state index contributed by atoms with van der Waals surface area (Å²) in [4.78, 5) is 13.6. The fraction of sp³-hybridized carbons (Fsp3) is 0.375. The molecule has 0 fully saturated rings. The summed E-state index contributed by atoms with van der Waals surface area (Å²) >= 11 is 0. The Morgan fingerprint density at radius 3 is 1.76 bits per heavy atom. The van der Waals surface area contributed by atoms with Gasteiger partial charge in [-0.3, -0.25) is 0 Å². The zero-order valence-corrected chi connectivity index (χ0v) is 46.6. The van der Waals surface area contributed by atoms with Gasteiger partial charge in [-0.15, -0.1) is 6.42 Å². The summed E-state index contributed by atoms with van der Waals surface area (Å²) in [5, 5.41) is 0. The van der Waals surface area contributed by atoms with Crippen LogP contribution in [0.25, 0.3) is 16.9 Å². The minimum Gasteiger partial charge on any atom is -0.494 e. The van der Waals surface area contributed by atoms with Crippen molar-refractivity contribution in [3.05, 3.63) is 109 Å². The van der Waals surface area contributed by atoms with Crippen molar-refractivity contribution in [2.75, 3.05) is 13.2 Å². The predicted molar refractivity (Wildman–Crippen MR) is 289 cm³/mol. The third kappa shape index (κ3) is 20.7. The van der Waals surface area contributed by atoms with Crippen molar-refractivity contribution in [2.45, 2.75) is 122 Å². The van der Waals surface area contributed by atoms with Gasteiger partial charge < -0.3 is 31.9 Å². The molecule has 0 spiro atoms. The molecule has 358 valence electrons. The highest BCUT2D eigenvalue weighted by Gasteiger charge is 2.34. The summed E-state index contributed by atoms with van der Waals surface area (Å²) in [6.07, 6.45) is 17.9. The Hall–Kier alpha value is -5.68. The quantitative estimate of drug-likeness (QED) is 0.0139. The lowest BCUT2D eigenvalue weighted by atomic mass is 10.1. The van der Waals surface area contributed by atoms with Crippen LogP contribution in [0.15, 0.2) is 97.6 Å². The average Bonchev–Trinajstić information content (AvgIpc) is 3.32. The topological polar surface area (TPSA) is 81.7 Å². The van der Waals surface area contributed by atoms with E-state index in [9.17, 15) is 4.79 Å². The Bertz CT molecular complexity index is 2460. The fourth-order valence-corrected chi connectivity index (χ4v) is 20.8. The number of benzene rings is 4. The van der Waals surface area contributed by atoms with Crippen LogP contribution in [0.1, 0.15) is 80.6 Å². The summed E-state index contributed by atoms with van der Waals surface area (Å²) < 4.78 is 42.5. The third-order valence-corrected chi connectivity index (χ3v) is 25.1. The number of terminal acetylenes is 1. The minimum atomic E-state index is -1.84. The SMILES string of the molecule is C#CC#CC#CC#COc1ccc(C(=O)Oc2ccc(-c3ccc(OC(=C)c4ccc(OCCCCCCCC)cc4)cc3)cc2)c(OCCCCC[Si](C)(C)O[Si](C)(C)CC[Si](C)(C)O[SiH3])c1. The summed E-state index contributed by atoms with van der Waals surface area (Å²) in [5.41, 5.74) is 3.07. The second-order valence-corrected chi connectivity index (χ2v) is 33.0. The van der Waals surface area contributed by atoms with Gasteiger partial charge in [-0.05, 0) is 160 Å². The van der Waals surface area contributed by atoms with E-state index in [0.717, 1.165) is 83.3 Å². The van der Waals surface area contributed by atoms with Crippen molar-refractivity contribution < 1.29 is 36.7 Å². The van der Waals surface area contributed by atoms with Crippen LogP contribution >= 0.6 is 0 Å². The molecule has 0 saturated heterocycles. The van der Waals surface area contributed by atoms with Crippen molar-refractivity contribution in [3.63, 3.8) is 0 Å². The van der Waals surface area contributed by atoms with E-state index >= 15 is 0 Å². The van der Waals surface area contributed by atoms with Crippen LogP contribution in [-0.2, 0) is 8.23 Å². The number of esters is 1. The fourth-order valence-electron chi connectivity index (χ4n) is 7.26.